The number of nitrogens with zero attached hydrogens (tertiary/aromatic N) is 1. The van der Waals surface area contributed by atoms with Crippen LogP contribution in [0.2, 0.25) is 0 Å². The normalized spacial score (nSPS) is 10.3. The summed E-state index contributed by atoms with van der Waals surface area (Å²) in [5.74, 6) is -1.28. The fourth-order valence-corrected chi connectivity index (χ4v) is 1.60. The van der Waals surface area contributed by atoms with E-state index in [1.807, 2.05) is 19.1 Å². The van der Waals surface area contributed by atoms with Crippen molar-refractivity contribution in [2.45, 2.75) is 6.92 Å². The molecule has 0 atom stereocenters. The lowest BCUT2D eigenvalue weighted by Crippen LogP contribution is -2.20. The number of aromatic carboxylic acids is 1. The Balaban J connectivity index is 2.72. The highest BCUT2D eigenvalue weighted by molar-refractivity contribution is 5.99. The molecule has 0 bridgehead atoms. The minimum atomic E-state index is -1.28. The minimum absolute atomic E-state index is 0.152. The number of carboxylic acid groups (broad SMARTS) is 1. The van der Waals surface area contributed by atoms with E-state index in [2.05, 4.69) is 10.2 Å². The first-order valence-corrected chi connectivity index (χ1v) is 5.19. The van der Waals surface area contributed by atoms with Crippen molar-refractivity contribution in [3.8, 4) is 11.3 Å². The molecule has 2 rings (SSSR count). The second-order valence-electron chi connectivity index (χ2n) is 3.86. The minimum Gasteiger partial charge on any atom is -0.478 e. The Hall–Kier alpha value is -2.63. The summed E-state index contributed by atoms with van der Waals surface area (Å²) in [6.45, 7) is 1.91. The van der Waals surface area contributed by atoms with Crippen LogP contribution >= 0.6 is 0 Å². The van der Waals surface area contributed by atoms with Crippen LogP contribution in [-0.2, 0) is 0 Å². The number of nitrogen functional groups attached to an aromatic ring is 1. The lowest BCUT2D eigenvalue weighted by Gasteiger charge is -2.07. The second kappa shape index (κ2) is 4.33. The van der Waals surface area contributed by atoms with E-state index in [9.17, 15) is 9.59 Å². The SMILES string of the molecule is Cc1ccc(-c2n[nH]c(=O)c(N)c2C(=O)O)cc1. The van der Waals surface area contributed by atoms with Crippen LogP contribution in [0.25, 0.3) is 11.3 Å². The summed E-state index contributed by atoms with van der Waals surface area (Å²) in [6, 6.07) is 7.09. The van der Waals surface area contributed by atoms with Gasteiger partial charge in [-0.25, -0.2) is 9.89 Å². The maximum atomic E-state index is 11.3. The fourth-order valence-electron chi connectivity index (χ4n) is 1.60. The zero-order chi connectivity index (χ0) is 13.3. The first-order valence-electron chi connectivity index (χ1n) is 5.19. The van der Waals surface area contributed by atoms with E-state index in [-0.39, 0.29) is 16.9 Å². The van der Waals surface area contributed by atoms with Gasteiger partial charge in [0.15, 0.2) is 0 Å². The maximum absolute atomic E-state index is 11.3. The molecule has 6 nitrogen and oxygen atoms in total. The molecule has 1 aromatic carbocycles. The van der Waals surface area contributed by atoms with E-state index in [0.29, 0.717) is 5.56 Å². The number of H-pyrrole nitrogens is 1. The summed E-state index contributed by atoms with van der Waals surface area (Å²) in [4.78, 5) is 22.4. The third-order valence-corrected chi connectivity index (χ3v) is 2.56. The van der Waals surface area contributed by atoms with Crippen LogP contribution in [0.5, 0.6) is 0 Å². The largest absolute Gasteiger partial charge is 0.478 e. The molecule has 6 heteroatoms. The molecule has 0 saturated heterocycles. The van der Waals surface area contributed by atoms with Gasteiger partial charge >= 0.3 is 5.97 Å². The predicted octanol–water partition coefficient (Wildman–Crippen LogP) is 1.03. The lowest BCUT2D eigenvalue weighted by molar-refractivity contribution is 0.0698. The lowest BCUT2D eigenvalue weighted by atomic mass is 10.0. The smallest absolute Gasteiger partial charge is 0.340 e. The van der Waals surface area contributed by atoms with Gasteiger partial charge in [0.2, 0.25) is 0 Å². The molecule has 0 saturated carbocycles. The Morgan fingerprint density at radius 2 is 1.94 bits per heavy atom. The Morgan fingerprint density at radius 1 is 1.33 bits per heavy atom. The van der Waals surface area contributed by atoms with Gasteiger partial charge in [0, 0.05) is 5.56 Å². The van der Waals surface area contributed by atoms with Gasteiger partial charge in [0.05, 0.1) is 0 Å². The molecular formula is C12H11N3O3. The Bertz CT molecular complexity index is 659. The van der Waals surface area contributed by atoms with Crippen molar-refractivity contribution in [2.75, 3.05) is 5.73 Å². The molecule has 0 spiro atoms. The number of carbonyl (C=O) groups is 1. The van der Waals surface area contributed by atoms with Crippen LogP contribution in [0.4, 0.5) is 5.69 Å². The molecule has 0 fully saturated rings. The molecule has 2 aromatic rings. The van der Waals surface area contributed by atoms with Gasteiger partial charge in [-0.15, -0.1) is 0 Å². The number of hydrogen-bond acceptors (Lipinski definition) is 4. The molecule has 0 unspecified atom stereocenters. The zero-order valence-electron chi connectivity index (χ0n) is 9.60. The molecule has 0 aliphatic rings. The van der Waals surface area contributed by atoms with E-state index >= 15 is 0 Å². The number of aromatic nitrogens is 2. The van der Waals surface area contributed by atoms with E-state index in [1.54, 1.807) is 12.1 Å². The van der Waals surface area contributed by atoms with Crippen LogP contribution < -0.4 is 11.3 Å². The number of nitrogens with one attached hydrogen (secondary N) is 1. The van der Waals surface area contributed by atoms with Crippen molar-refractivity contribution in [2.24, 2.45) is 0 Å². The number of aryl methyl sites for hydroxylation is 1. The molecule has 0 amide bonds. The topological polar surface area (TPSA) is 109 Å². The van der Waals surface area contributed by atoms with E-state index in [4.69, 9.17) is 10.8 Å². The van der Waals surface area contributed by atoms with Gasteiger partial charge in [0.1, 0.15) is 16.9 Å². The maximum Gasteiger partial charge on any atom is 0.340 e. The summed E-state index contributed by atoms with van der Waals surface area (Å²) in [6.07, 6.45) is 0. The average molecular weight is 245 g/mol. The summed E-state index contributed by atoms with van der Waals surface area (Å²) >= 11 is 0. The third-order valence-electron chi connectivity index (χ3n) is 2.56. The van der Waals surface area contributed by atoms with Crippen molar-refractivity contribution < 1.29 is 9.90 Å². The van der Waals surface area contributed by atoms with Crippen molar-refractivity contribution in [1.29, 1.82) is 0 Å². The van der Waals surface area contributed by atoms with Crippen molar-refractivity contribution in [3.05, 3.63) is 45.7 Å². The highest BCUT2D eigenvalue weighted by atomic mass is 16.4. The highest BCUT2D eigenvalue weighted by Gasteiger charge is 2.19. The highest BCUT2D eigenvalue weighted by Crippen LogP contribution is 2.23. The predicted molar refractivity (Wildman–Crippen MR) is 66.4 cm³/mol. The molecule has 1 heterocycles. The molecule has 1 aromatic heterocycles. The number of hydrogen-bond donors (Lipinski definition) is 3. The van der Waals surface area contributed by atoms with Crippen molar-refractivity contribution in [1.82, 2.24) is 10.2 Å². The Kier molecular flexibility index (Phi) is 2.85. The summed E-state index contributed by atoms with van der Waals surface area (Å²) in [7, 11) is 0. The summed E-state index contributed by atoms with van der Waals surface area (Å²) in [5.41, 5.74) is 5.94. The number of rotatable bonds is 2. The number of benzene rings is 1. The van der Waals surface area contributed by atoms with Crippen molar-refractivity contribution >= 4 is 11.7 Å². The molecular weight excluding hydrogens is 234 g/mol. The molecule has 18 heavy (non-hydrogen) atoms. The van der Waals surface area contributed by atoms with Crippen molar-refractivity contribution in [3.63, 3.8) is 0 Å². The fraction of sp³-hybridized carbons (Fsp3) is 0.0833. The third kappa shape index (κ3) is 1.95. The Morgan fingerprint density at radius 3 is 2.50 bits per heavy atom. The van der Waals surface area contributed by atoms with Gasteiger partial charge < -0.3 is 10.8 Å². The zero-order valence-corrected chi connectivity index (χ0v) is 9.60. The molecule has 0 aliphatic heterocycles. The monoisotopic (exact) mass is 245 g/mol. The van der Waals surface area contributed by atoms with Crippen LogP contribution in [0.15, 0.2) is 29.1 Å². The van der Waals surface area contributed by atoms with E-state index < -0.39 is 11.5 Å². The number of anilines is 1. The molecule has 0 radical (unpaired) electrons. The standard InChI is InChI=1S/C12H11N3O3/c1-6-2-4-7(5-3-6)10-8(12(17)18)9(13)11(16)15-14-10/h2-5H,1H3,(H2,13,14)(H,15,16)(H,17,18). The van der Waals surface area contributed by atoms with E-state index in [0.717, 1.165) is 5.56 Å². The molecule has 92 valence electrons. The number of nitrogens with two attached hydrogens (primary N) is 1. The van der Waals surface area contributed by atoms with E-state index in [1.165, 1.54) is 0 Å². The van der Waals surface area contributed by atoms with Gasteiger partial charge in [-0.1, -0.05) is 29.8 Å². The van der Waals surface area contributed by atoms with Gasteiger partial charge in [0.25, 0.3) is 5.56 Å². The van der Waals surface area contributed by atoms with Gasteiger partial charge in [-0.05, 0) is 6.92 Å². The summed E-state index contributed by atoms with van der Waals surface area (Å²) < 4.78 is 0. The second-order valence-corrected chi connectivity index (χ2v) is 3.86. The quantitative estimate of drug-likeness (QED) is 0.732. The number of carboxylic acids is 1. The van der Waals surface area contributed by atoms with Crippen LogP contribution in [-0.4, -0.2) is 21.3 Å². The first kappa shape index (κ1) is 11.8. The van der Waals surface area contributed by atoms with Crippen LogP contribution in [0.3, 0.4) is 0 Å². The van der Waals surface area contributed by atoms with Crippen LogP contribution in [0.1, 0.15) is 15.9 Å². The molecule has 0 aliphatic carbocycles. The number of aromatic amines is 1. The van der Waals surface area contributed by atoms with Gasteiger partial charge in [-0.2, -0.15) is 5.10 Å². The Labute approximate surface area is 102 Å². The first-order chi connectivity index (χ1) is 8.50. The van der Waals surface area contributed by atoms with Crippen LogP contribution in [0, 0.1) is 6.92 Å². The molecule has 4 N–H and O–H groups in total. The summed E-state index contributed by atoms with van der Waals surface area (Å²) in [5, 5.41) is 15.1. The average Bonchev–Trinajstić information content (AvgIpc) is 2.33. The van der Waals surface area contributed by atoms with Gasteiger partial charge in [-0.3, -0.25) is 4.79 Å².